The van der Waals surface area contributed by atoms with Crippen LogP contribution in [-0.4, -0.2) is 70.8 Å². The van der Waals surface area contributed by atoms with Crippen LogP contribution >= 0.6 is 11.8 Å². The molecule has 0 aromatic heterocycles. The number of hydrogen-bond donors (Lipinski definition) is 2. The Morgan fingerprint density at radius 3 is 2.88 bits per heavy atom. The molecule has 0 saturated carbocycles. The number of thioether (sulfide) groups is 1. The van der Waals surface area contributed by atoms with Crippen LogP contribution in [0.15, 0.2) is 29.2 Å². The Bertz CT molecular complexity index is 637. The summed E-state index contributed by atoms with van der Waals surface area (Å²) < 4.78 is 0. The highest BCUT2D eigenvalue weighted by molar-refractivity contribution is 7.98. The lowest BCUT2D eigenvalue weighted by molar-refractivity contribution is -0.156. The lowest BCUT2D eigenvalue weighted by Gasteiger charge is -2.45. The molecule has 2 amide bonds. The van der Waals surface area contributed by atoms with E-state index in [1.165, 1.54) is 17.4 Å². The highest BCUT2D eigenvalue weighted by Gasteiger charge is 2.44. The van der Waals surface area contributed by atoms with Crippen LogP contribution in [0.4, 0.5) is 0 Å². The number of benzene rings is 1. The minimum absolute atomic E-state index is 0.178. The number of nitrogens with zero attached hydrogens (tertiary/aromatic N) is 2. The Morgan fingerprint density at radius 1 is 1.38 bits per heavy atom. The van der Waals surface area contributed by atoms with Crippen LogP contribution in [0.1, 0.15) is 12.5 Å². The zero-order valence-electron chi connectivity index (χ0n) is 13.9. The molecule has 1 aromatic carbocycles. The molecule has 24 heavy (non-hydrogen) atoms. The first-order valence-corrected chi connectivity index (χ1v) is 9.36. The van der Waals surface area contributed by atoms with Crippen molar-refractivity contribution in [3.63, 3.8) is 0 Å². The van der Waals surface area contributed by atoms with Crippen LogP contribution in [0.3, 0.4) is 0 Å². The molecule has 0 radical (unpaired) electrons. The van der Waals surface area contributed by atoms with E-state index in [0.29, 0.717) is 13.1 Å². The van der Waals surface area contributed by atoms with Crippen LogP contribution in [0.2, 0.25) is 0 Å². The quantitative estimate of drug-likeness (QED) is 0.765. The lowest BCUT2D eigenvalue weighted by Crippen LogP contribution is -2.70. The van der Waals surface area contributed by atoms with Gasteiger partial charge < -0.3 is 15.3 Å². The summed E-state index contributed by atoms with van der Waals surface area (Å²) in [6.07, 6.45) is 1.17. The predicted octanol–water partition coefficient (Wildman–Crippen LogP) is 0.301. The zero-order chi connectivity index (χ0) is 17.3. The molecule has 2 aliphatic heterocycles. The number of fused-ring (bicyclic) bond motifs is 1. The van der Waals surface area contributed by atoms with Gasteiger partial charge in [-0.2, -0.15) is 0 Å². The van der Waals surface area contributed by atoms with Crippen molar-refractivity contribution >= 4 is 23.6 Å². The molecule has 3 atom stereocenters. The summed E-state index contributed by atoms with van der Waals surface area (Å²) in [4.78, 5) is 29.8. The van der Waals surface area contributed by atoms with Gasteiger partial charge in [-0.15, -0.1) is 11.8 Å². The largest absolute Gasteiger partial charge is 0.391 e. The van der Waals surface area contributed by atoms with Gasteiger partial charge in [0, 0.05) is 31.1 Å². The van der Waals surface area contributed by atoms with Crippen LogP contribution in [0.5, 0.6) is 0 Å². The number of aliphatic hydroxyl groups is 1. The fraction of sp³-hybridized carbons (Fsp3) is 0.529. The van der Waals surface area contributed by atoms with E-state index in [9.17, 15) is 14.7 Å². The normalized spacial score (nSPS) is 26.0. The molecule has 0 aliphatic carbocycles. The van der Waals surface area contributed by atoms with Gasteiger partial charge in [0.2, 0.25) is 11.8 Å². The van der Waals surface area contributed by atoms with Crippen molar-refractivity contribution in [1.29, 1.82) is 0 Å². The second-order valence-corrected chi connectivity index (χ2v) is 7.24. The monoisotopic (exact) mass is 349 g/mol. The molecule has 2 saturated heterocycles. The fourth-order valence-electron chi connectivity index (χ4n) is 3.32. The number of carbonyl (C=O) groups excluding carboxylic acids is 2. The first-order chi connectivity index (χ1) is 11.5. The molecule has 2 N–H and O–H groups in total. The Morgan fingerprint density at radius 2 is 2.17 bits per heavy atom. The first-order valence-electron chi connectivity index (χ1n) is 8.14. The van der Waals surface area contributed by atoms with E-state index in [0.717, 1.165) is 13.1 Å². The third kappa shape index (κ3) is 3.43. The topological polar surface area (TPSA) is 72.9 Å². The summed E-state index contributed by atoms with van der Waals surface area (Å²) in [5.41, 5.74) is 1.21. The molecule has 1 aromatic rings. The predicted molar refractivity (Wildman–Crippen MR) is 92.6 cm³/mol. The van der Waals surface area contributed by atoms with Crippen molar-refractivity contribution in [1.82, 2.24) is 15.1 Å². The van der Waals surface area contributed by atoms with Gasteiger partial charge >= 0.3 is 0 Å². The number of hydrogen-bond acceptors (Lipinski definition) is 5. The van der Waals surface area contributed by atoms with Gasteiger partial charge in [0.1, 0.15) is 12.1 Å². The van der Waals surface area contributed by atoms with Crippen LogP contribution in [0, 0.1) is 0 Å². The number of carbonyl (C=O) groups is 2. The Balaban J connectivity index is 1.68. The average molecular weight is 349 g/mol. The number of nitrogens with one attached hydrogen (secondary N) is 1. The molecule has 0 unspecified atom stereocenters. The van der Waals surface area contributed by atoms with Crippen molar-refractivity contribution in [3.05, 3.63) is 29.8 Å². The maximum Gasteiger partial charge on any atom is 0.248 e. The molecule has 2 heterocycles. The summed E-state index contributed by atoms with van der Waals surface area (Å²) in [5.74, 6) is -0.360. The molecule has 2 aliphatic rings. The van der Waals surface area contributed by atoms with Crippen molar-refractivity contribution in [2.45, 2.75) is 36.6 Å². The lowest BCUT2D eigenvalue weighted by atomic mass is 10.0. The SMILES string of the molecule is CSc1cccc(CN2CCN3C(=O)[C@H]([C@@H](C)O)NC(=O)[C@H]3C2)c1. The van der Waals surface area contributed by atoms with E-state index in [1.54, 1.807) is 16.7 Å². The molecule has 3 rings (SSSR count). The van der Waals surface area contributed by atoms with E-state index >= 15 is 0 Å². The number of aliphatic hydroxyl groups excluding tert-OH is 1. The Hall–Kier alpha value is -1.57. The van der Waals surface area contributed by atoms with Crippen molar-refractivity contribution < 1.29 is 14.7 Å². The zero-order valence-corrected chi connectivity index (χ0v) is 14.8. The fourth-order valence-corrected chi connectivity index (χ4v) is 3.80. The van der Waals surface area contributed by atoms with Gasteiger partial charge in [-0.25, -0.2) is 0 Å². The van der Waals surface area contributed by atoms with Crippen LogP contribution in [0.25, 0.3) is 0 Å². The van der Waals surface area contributed by atoms with Crippen molar-refractivity contribution in [2.24, 2.45) is 0 Å². The highest BCUT2D eigenvalue weighted by Crippen LogP contribution is 2.21. The van der Waals surface area contributed by atoms with Gasteiger partial charge in [-0.3, -0.25) is 14.5 Å². The molecule has 130 valence electrons. The minimum Gasteiger partial charge on any atom is -0.391 e. The van der Waals surface area contributed by atoms with Gasteiger partial charge in [0.25, 0.3) is 0 Å². The van der Waals surface area contributed by atoms with E-state index in [2.05, 4.69) is 34.7 Å². The van der Waals surface area contributed by atoms with Crippen LogP contribution < -0.4 is 5.32 Å². The number of amides is 2. The van der Waals surface area contributed by atoms with E-state index in [4.69, 9.17) is 0 Å². The molecular weight excluding hydrogens is 326 g/mol. The van der Waals surface area contributed by atoms with Crippen molar-refractivity contribution in [2.75, 3.05) is 25.9 Å². The maximum atomic E-state index is 12.4. The highest BCUT2D eigenvalue weighted by atomic mass is 32.2. The second-order valence-electron chi connectivity index (χ2n) is 6.36. The molecule has 6 nitrogen and oxygen atoms in total. The van der Waals surface area contributed by atoms with Crippen molar-refractivity contribution in [3.8, 4) is 0 Å². The van der Waals surface area contributed by atoms with E-state index in [-0.39, 0.29) is 11.8 Å². The van der Waals surface area contributed by atoms with Gasteiger partial charge in [0.05, 0.1) is 6.10 Å². The van der Waals surface area contributed by atoms with Crippen LogP contribution in [-0.2, 0) is 16.1 Å². The van der Waals surface area contributed by atoms with Gasteiger partial charge in [-0.05, 0) is 30.9 Å². The minimum atomic E-state index is -0.880. The molecular formula is C17H23N3O3S. The summed E-state index contributed by atoms with van der Waals surface area (Å²) in [5, 5.41) is 12.3. The third-order valence-electron chi connectivity index (χ3n) is 4.64. The smallest absolute Gasteiger partial charge is 0.248 e. The summed E-state index contributed by atoms with van der Waals surface area (Å²) in [7, 11) is 0. The molecule has 7 heteroatoms. The maximum absolute atomic E-state index is 12.4. The molecule has 0 bridgehead atoms. The van der Waals surface area contributed by atoms with Gasteiger partial charge in [-0.1, -0.05) is 12.1 Å². The average Bonchev–Trinajstić information content (AvgIpc) is 2.58. The third-order valence-corrected chi connectivity index (χ3v) is 5.36. The molecule has 2 fully saturated rings. The van der Waals surface area contributed by atoms with E-state index in [1.807, 2.05) is 6.07 Å². The number of piperazine rings is 2. The summed E-state index contributed by atoms with van der Waals surface area (Å²) in [6.45, 7) is 4.06. The Labute approximate surface area is 146 Å². The molecule has 0 spiro atoms. The van der Waals surface area contributed by atoms with E-state index < -0.39 is 18.2 Å². The number of rotatable bonds is 4. The summed E-state index contributed by atoms with van der Waals surface area (Å²) >= 11 is 1.71. The summed E-state index contributed by atoms with van der Waals surface area (Å²) in [6, 6.07) is 7.08. The van der Waals surface area contributed by atoms with Gasteiger partial charge in [0.15, 0.2) is 0 Å². The Kier molecular flexibility index (Phi) is 5.12. The standard InChI is InChI=1S/C17H23N3O3S/c1-11(21)15-17(23)20-7-6-19(10-14(20)16(22)18-15)9-12-4-3-5-13(8-12)24-2/h3-5,8,11,14-15,21H,6-7,9-10H2,1-2H3,(H,18,22)/t11-,14-,15+/m1/s1. The first kappa shape index (κ1) is 17.3. The second kappa shape index (κ2) is 7.13.